The zero-order valence-corrected chi connectivity index (χ0v) is 33.9. The van der Waals surface area contributed by atoms with Crippen LogP contribution >= 0.6 is 0 Å². The van der Waals surface area contributed by atoms with E-state index in [4.69, 9.17) is 4.42 Å². The van der Waals surface area contributed by atoms with Gasteiger partial charge in [-0.2, -0.15) is 0 Å². The SMILES string of the molecule is c1cc(-c2ccc3ccccc3c2)cc(N(c2ccc(-c3ccc(-c4ccc5ccccc5c4)cc3)cc2)c2ccc(-c3cccc4oc5c6ccccc6ccc5c34)cc2)c1. The van der Waals surface area contributed by atoms with Gasteiger partial charge in [0.15, 0.2) is 0 Å². The molecule has 0 fully saturated rings. The molecule has 290 valence electrons. The predicted octanol–water partition coefficient (Wildman–Crippen LogP) is 17.2. The Kier molecular flexibility index (Phi) is 8.53. The standard InChI is InChI=1S/C60H39NO/c1-3-12-47-37-50(25-23-40(47)9-1)44-21-19-42(20-22-44)43-27-32-52(33-28-43)61(54-15-7-14-49(39-54)51-26-24-41-10-2-4-13-48(41)38-51)53-34-29-46(30-35-53)55-17-8-18-58-59(55)57-36-31-45-11-5-6-16-56(45)60(57)62-58/h1-39H. The summed E-state index contributed by atoms with van der Waals surface area (Å²) in [6, 6.07) is 85.5. The molecule has 1 heterocycles. The van der Waals surface area contributed by atoms with E-state index in [-0.39, 0.29) is 0 Å². The fourth-order valence-corrected chi connectivity index (χ4v) is 9.25. The number of anilines is 3. The van der Waals surface area contributed by atoms with Gasteiger partial charge in [0.05, 0.1) is 0 Å². The normalized spacial score (nSPS) is 11.5. The lowest BCUT2D eigenvalue weighted by atomic mass is 9.97. The van der Waals surface area contributed by atoms with E-state index in [0.717, 1.165) is 55.5 Å². The minimum absolute atomic E-state index is 0.897. The molecule has 0 aliphatic carbocycles. The maximum Gasteiger partial charge on any atom is 0.143 e. The first-order valence-corrected chi connectivity index (χ1v) is 21.2. The van der Waals surface area contributed by atoms with Gasteiger partial charge >= 0.3 is 0 Å². The monoisotopic (exact) mass is 789 g/mol. The van der Waals surface area contributed by atoms with Gasteiger partial charge in [-0.05, 0) is 132 Å². The van der Waals surface area contributed by atoms with Crippen molar-refractivity contribution in [2.24, 2.45) is 0 Å². The third kappa shape index (κ3) is 6.29. The summed E-state index contributed by atoms with van der Waals surface area (Å²) in [6.07, 6.45) is 0. The van der Waals surface area contributed by atoms with E-state index in [0.29, 0.717) is 0 Å². The van der Waals surface area contributed by atoms with Crippen LogP contribution < -0.4 is 4.90 Å². The summed E-state index contributed by atoms with van der Waals surface area (Å²) in [5.41, 5.74) is 14.5. The molecule has 1 aromatic heterocycles. The molecule has 0 aliphatic heterocycles. The first kappa shape index (κ1) is 35.7. The van der Waals surface area contributed by atoms with Crippen LogP contribution in [0.15, 0.2) is 241 Å². The summed E-state index contributed by atoms with van der Waals surface area (Å²) in [5.74, 6) is 0. The lowest BCUT2D eigenvalue weighted by molar-refractivity contribution is 0.673. The number of hydrogen-bond donors (Lipinski definition) is 0. The van der Waals surface area contributed by atoms with E-state index in [1.54, 1.807) is 0 Å². The molecule has 0 aliphatic rings. The minimum Gasteiger partial charge on any atom is -0.455 e. The van der Waals surface area contributed by atoms with Crippen LogP contribution in [-0.4, -0.2) is 0 Å². The average molecular weight is 790 g/mol. The molecular formula is C60H39NO. The van der Waals surface area contributed by atoms with Crippen molar-refractivity contribution < 1.29 is 4.42 Å². The van der Waals surface area contributed by atoms with Crippen LogP contribution in [0.4, 0.5) is 17.1 Å². The first-order valence-electron chi connectivity index (χ1n) is 21.2. The second kappa shape index (κ2) is 14.8. The largest absolute Gasteiger partial charge is 0.455 e. The van der Waals surface area contributed by atoms with Gasteiger partial charge in [0.1, 0.15) is 11.2 Å². The molecule has 12 aromatic rings. The highest BCUT2D eigenvalue weighted by Crippen LogP contribution is 2.42. The highest BCUT2D eigenvalue weighted by molar-refractivity contribution is 6.19. The Balaban J connectivity index is 0.922. The lowest BCUT2D eigenvalue weighted by Gasteiger charge is -2.26. The molecule has 0 atom stereocenters. The van der Waals surface area contributed by atoms with Gasteiger partial charge in [0.25, 0.3) is 0 Å². The summed E-state index contributed by atoms with van der Waals surface area (Å²) in [4.78, 5) is 2.36. The molecule has 0 N–H and O–H groups in total. The summed E-state index contributed by atoms with van der Waals surface area (Å²) in [7, 11) is 0. The van der Waals surface area contributed by atoms with Gasteiger partial charge in [-0.25, -0.2) is 0 Å². The van der Waals surface area contributed by atoms with Gasteiger partial charge in [0, 0.05) is 33.2 Å². The average Bonchev–Trinajstić information content (AvgIpc) is 3.74. The van der Waals surface area contributed by atoms with E-state index < -0.39 is 0 Å². The number of fused-ring (bicyclic) bond motifs is 7. The molecule has 12 rings (SSSR count). The van der Waals surface area contributed by atoms with Crippen molar-refractivity contribution in [2.45, 2.75) is 0 Å². The van der Waals surface area contributed by atoms with Crippen molar-refractivity contribution in [2.75, 3.05) is 4.90 Å². The van der Waals surface area contributed by atoms with Crippen molar-refractivity contribution in [3.63, 3.8) is 0 Å². The van der Waals surface area contributed by atoms with Crippen LogP contribution in [0, 0.1) is 0 Å². The van der Waals surface area contributed by atoms with Crippen molar-refractivity contribution in [3.8, 4) is 44.5 Å². The second-order valence-electron chi connectivity index (χ2n) is 16.1. The molecule has 62 heavy (non-hydrogen) atoms. The minimum atomic E-state index is 0.897. The van der Waals surface area contributed by atoms with E-state index in [2.05, 4.69) is 241 Å². The molecular weight excluding hydrogens is 751 g/mol. The summed E-state index contributed by atoms with van der Waals surface area (Å²) >= 11 is 0. The number of furan rings is 1. The van der Waals surface area contributed by atoms with Crippen molar-refractivity contribution in [1.82, 2.24) is 0 Å². The van der Waals surface area contributed by atoms with Crippen LogP contribution in [0.1, 0.15) is 0 Å². The zero-order chi connectivity index (χ0) is 41.0. The van der Waals surface area contributed by atoms with Crippen molar-refractivity contribution in [1.29, 1.82) is 0 Å². The predicted molar refractivity (Wildman–Crippen MR) is 263 cm³/mol. The van der Waals surface area contributed by atoms with E-state index in [1.807, 2.05) is 0 Å². The summed E-state index contributed by atoms with van der Waals surface area (Å²) < 4.78 is 6.55. The van der Waals surface area contributed by atoms with E-state index >= 15 is 0 Å². The molecule has 2 heteroatoms. The molecule has 0 amide bonds. The van der Waals surface area contributed by atoms with E-state index in [1.165, 1.54) is 60.3 Å². The molecule has 0 bridgehead atoms. The van der Waals surface area contributed by atoms with Gasteiger partial charge in [-0.1, -0.05) is 176 Å². The van der Waals surface area contributed by atoms with E-state index in [9.17, 15) is 0 Å². The van der Waals surface area contributed by atoms with Gasteiger partial charge in [-0.3, -0.25) is 0 Å². The Morgan fingerprint density at radius 1 is 0.274 bits per heavy atom. The number of hydrogen-bond acceptors (Lipinski definition) is 2. The first-order chi connectivity index (χ1) is 30.7. The fraction of sp³-hybridized carbons (Fsp3) is 0. The van der Waals surface area contributed by atoms with Crippen molar-refractivity contribution in [3.05, 3.63) is 237 Å². The van der Waals surface area contributed by atoms with Crippen LogP contribution in [0.3, 0.4) is 0 Å². The maximum absolute atomic E-state index is 6.55. The molecule has 0 unspecified atom stereocenters. The number of rotatable bonds is 7. The number of nitrogens with zero attached hydrogens (tertiary/aromatic N) is 1. The Bertz CT molecular complexity index is 3620. The molecule has 0 radical (unpaired) electrons. The van der Waals surface area contributed by atoms with Crippen LogP contribution in [-0.2, 0) is 0 Å². The fourth-order valence-electron chi connectivity index (χ4n) is 9.25. The van der Waals surface area contributed by atoms with Crippen LogP contribution in [0.25, 0.3) is 98.8 Å². The molecule has 11 aromatic carbocycles. The maximum atomic E-state index is 6.55. The van der Waals surface area contributed by atoms with Crippen LogP contribution in [0.2, 0.25) is 0 Å². The van der Waals surface area contributed by atoms with Gasteiger partial charge < -0.3 is 9.32 Å². The number of benzene rings is 11. The second-order valence-corrected chi connectivity index (χ2v) is 16.1. The van der Waals surface area contributed by atoms with Crippen molar-refractivity contribution >= 4 is 71.3 Å². The molecule has 2 nitrogen and oxygen atoms in total. The Hall–Kier alpha value is -8.20. The molecule has 0 saturated heterocycles. The third-order valence-corrected chi connectivity index (χ3v) is 12.4. The van der Waals surface area contributed by atoms with Crippen LogP contribution in [0.5, 0.6) is 0 Å². The highest BCUT2D eigenvalue weighted by Gasteiger charge is 2.18. The molecule has 0 spiro atoms. The Morgan fingerprint density at radius 3 is 1.42 bits per heavy atom. The summed E-state index contributed by atoms with van der Waals surface area (Å²) in [5, 5.41) is 9.57. The Labute approximate surface area is 360 Å². The lowest BCUT2D eigenvalue weighted by Crippen LogP contribution is -2.10. The smallest absolute Gasteiger partial charge is 0.143 e. The van der Waals surface area contributed by atoms with Gasteiger partial charge in [-0.15, -0.1) is 0 Å². The highest BCUT2D eigenvalue weighted by atomic mass is 16.3. The summed E-state index contributed by atoms with van der Waals surface area (Å²) in [6.45, 7) is 0. The quantitative estimate of drug-likeness (QED) is 0.160. The molecule has 0 saturated carbocycles. The third-order valence-electron chi connectivity index (χ3n) is 12.4. The zero-order valence-electron chi connectivity index (χ0n) is 33.9. The topological polar surface area (TPSA) is 16.4 Å². The Morgan fingerprint density at radius 2 is 0.758 bits per heavy atom. The van der Waals surface area contributed by atoms with Gasteiger partial charge in [0.2, 0.25) is 0 Å².